The molecule has 6 rings (SSSR count). The Morgan fingerprint density at radius 3 is 2.40 bits per heavy atom. The second-order valence-electron chi connectivity index (χ2n) is 11.9. The monoisotopic (exact) mass is 599 g/mol. The zero-order valence-corrected chi connectivity index (χ0v) is 25.5. The summed E-state index contributed by atoms with van der Waals surface area (Å²) in [5, 5.41) is 18.0. The Morgan fingerprint density at radius 2 is 1.64 bits per heavy atom. The van der Waals surface area contributed by atoms with Crippen LogP contribution in [0.2, 0.25) is 0 Å². The van der Waals surface area contributed by atoms with E-state index < -0.39 is 11.6 Å². The fourth-order valence-corrected chi connectivity index (χ4v) is 5.23. The van der Waals surface area contributed by atoms with Crippen LogP contribution < -0.4 is 10.6 Å². The average molecular weight is 600 g/mol. The van der Waals surface area contributed by atoms with Crippen LogP contribution in [0, 0.1) is 6.92 Å². The van der Waals surface area contributed by atoms with Crippen LogP contribution in [0.25, 0.3) is 33.2 Å². The van der Waals surface area contributed by atoms with Crippen LogP contribution in [-0.4, -0.2) is 37.5 Å². The van der Waals surface area contributed by atoms with Gasteiger partial charge in [-0.1, -0.05) is 48.5 Å². The summed E-state index contributed by atoms with van der Waals surface area (Å²) >= 11 is 0. The summed E-state index contributed by atoms with van der Waals surface area (Å²) in [6.45, 7) is 7.74. The zero-order valence-electron chi connectivity index (χ0n) is 25.5. The van der Waals surface area contributed by atoms with Crippen LogP contribution in [0.15, 0.2) is 102 Å². The number of fused-ring (bicyclic) bond motifs is 3. The maximum Gasteiger partial charge on any atom is 0.408 e. The van der Waals surface area contributed by atoms with E-state index in [9.17, 15) is 14.7 Å². The van der Waals surface area contributed by atoms with Crippen molar-refractivity contribution in [3.63, 3.8) is 0 Å². The lowest BCUT2D eigenvalue weighted by molar-refractivity contribution is 0.0953. The van der Waals surface area contributed by atoms with Crippen molar-refractivity contribution < 1.29 is 19.1 Å². The third-order valence-corrected chi connectivity index (χ3v) is 7.70. The second-order valence-corrected chi connectivity index (χ2v) is 11.9. The highest BCUT2D eigenvalue weighted by Gasteiger charge is 2.26. The summed E-state index contributed by atoms with van der Waals surface area (Å²) < 4.78 is 6.20. The molecule has 0 aliphatic rings. The number of aromatic nitrogens is 2. The lowest BCUT2D eigenvalue weighted by Gasteiger charge is -2.33. The molecule has 0 saturated heterocycles. The number of para-hydroxylation sites is 2. The standard InChI is InChI=1S/C36H33N5O4/c1-22-12-17-25(39-34(42)24-15-13-23(14-16-24)20-41(35(43)44)36(2,3)4)18-29(22)40-32-19-30(37-21-38-32)28-10-7-9-27-26-8-5-6-11-31(26)45-33(27)28/h5-19,21H,20H2,1-4H3,(H,39,42)(H,43,44)(H,37,38,40). The fourth-order valence-electron chi connectivity index (χ4n) is 5.23. The molecule has 0 spiro atoms. The van der Waals surface area contributed by atoms with Crippen LogP contribution in [0.4, 0.5) is 22.0 Å². The summed E-state index contributed by atoms with van der Waals surface area (Å²) in [4.78, 5) is 35.1. The normalized spacial score (nSPS) is 11.5. The van der Waals surface area contributed by atoms with E-state index in [2.05, 4.69) is 20.6 Å². The van der Waals surface area contributed by atoms with E-state index in [1.54, 1.807) is 24.3 Å². The highest BCUT2D eigenvalue weighted by Crippen LogP contribution is 2.35. The molecule has 2 heterocycles. The molecule has 0 radical (unpaired) electrons. The Bertz CT molecular complexity index is 2040. The molecule has 45 heavy (non-hydrogen) atoms. The summed E-state index contributed by atoms with van der Waals surface area (Å²) in [6, 6.07) is 28.4. The molecule has 9 nitrogen and oxygen atoms in total. The fraction of sp³-hybridized carbons (Fsp3) is 0.167. The number of nitrogens with one attached hydrogen (secondary N) is 2. The van der Waals surface area contributed by atoms with E-state index in [4.69, 9.17) is 4.42 Å². The Balaban J connectivity index is 1.19. The number of hydrogen-bond donors (Lipinski definition) is 3. The molecular formula is C36H33N5O4. The highest BCUT2D eigenvalue weighted by molar-refractivity contribution is 6.09. The van der Waals surface area contributed by atoms with Gasteiger partial charge in [0, 0.05) is 51.4 Å². The van der Waals surface area contributed by atoms with Crippen LogP contribution >= 0.6 is 0 Å². The third kappa shape index (κ3) is 6.19. The van der Waals surface area contributed by atoms with E-state index in [1.807, 2.05) is 94.4 Å². The first-order valence-electron chi connectivity index (χ1n) is 14.6. The summed E-state index contributed by atoms with van der Waals surface area (Å²) in [5.41, 5.74) is 6.26. The van der Waals surface area contributed by atoms with Gasteiger partial charge < -0.3 is 20.2 Å². The van der Waals surface area contributed by atoms with Gasteiger partial charge >= 0.3 is 6.09 Å². The predicted octanol–water partition coefficient (Wildman–Crippen LogP) is 8.63. The molecule has 0 fully saturated rings. The summed E-state index contributed by atoms with van der Waals surface area (Å²) in [6.07, 6.45) is 0.524. The van der Waals surface area contributed by atoms with Crippen molar-refractivity contribution in [1.29, 1.82) is 0 Å². The first-order valence-corrected chi connectivity index (χ1v) is 14.6. The van der Waals surface area contributed by atoms with Gasteiger partial charge in [-0.05, 0) is 75.2 Å². The van der Waals surface area contributed by atoms with Crippen molar-refractivity contribution in [2.24, 2.45) is 0 Å². The number of carbonyl (C=O) groups is 2. The van der Waals surface area contributed by atoms with Gasteiger partial charge in [0.05, 0.1) is 5.69 Å². The number of nitrogens with zero attached hydrogens (tertiary/aromatic N) is 3. The average Bonchev–Trinajstić information content (AvgIpc) is 3.40. The number of anilines is 3. The smallest absolute Gasteiger partial charge is 0.408 e. The largest absolute Gasteiger partial charge is 0.465 e. The number of furan rings is 1. The first kappa shape index (κ1) is 29.4. The van der Waals surface area contributed by atoms with Crippen molar-refractivity contribution in [2.75, 3.05) is 10.6 Å². The van der Waals surface area contributed by atoms with Gasteiger partial charge in [0.25, 0.3) is 5.91 Å². The molecule has 0 bridgehead atoms. The molecule has 9 heteroatoms. The molecule has 4 aromatic carbocycles. The van der Waals surface area contributed by atoms with Gasteiger partial charge in [-0.2, -0.15) is 0 Å². The van der Waals surface area contributed by atoms with Crippen LogP contribution in [0.3, 0.4) is 0 Å². The molecule has 0 aliphatic heterocycles. The number of carboxylic acid groups (broad SMARTS) is 1. The molecule has 0 atom stereocenters. The number of rotatable bonds is 7. The highest BCUT2D eigenvalue weighted by atomic mass is 16.4. The van der Waals surface area contributed by atoms with Crippen LogP contribution in [-0.2, 0) is 6.54 Å². The molecule has 2 amide bonds. The Kier molecular flexibility index (Phi) is 7.68. The zero-order chi connectivity index (χ0) is 31.7. The Hall–Kier alpha value is -5.70. The van der Waals surface area contributed by atoms with E-state index >= 15 is 0 Å². The Morgan fingerprint density at radius 1 is 0.889 bits per heavy atom. The van der Waals surface area contributed by atoms with Gasteiger partial charge in [0.15, 0.2) is 0 Å². The predicted molar refractivity (Wildman–Crippen MR) is 177 cm³/mol. The minimum atomic E-state index is -0.991. The summed E-state index contributed by atoms with van der Waals surface area (Å²) in [7, 11) is 0. The molecule has 226 valence electrons. The lowest BCUT2D eigenvalue weighted by atomic mass is 10.0. The maximum absolute atomic E-state index is 13.1. The number of hydrogen-bond acceptors (Lipinski definition) is 6. The molecule has 0 saturated carbocycles. The minimum absolute atomic E-state index is 0.228. The van der Waals surface area contributed by atoms with Crippen molar-refractivity contribution in [1.82, 2.24) is 14.9 Å². The topological polar surface area (TPSA) is 121 Å². The number of amides is 2. The molecule has 0 unspecified atom stereocenters. The molecular weight excluding hydrogens is 566 g/mol. The molecule has 2 aromatic heterocycles. The molecule has 6 aromatic rings. The number of carbonyl (C=O) groups excluding carboxylic acids is 1. The van der Waals surface area contributed by atoms with Crippen molar-refractivity contribution in [3.05, 3.63) is 114 Å². The number of benzene rings is 4. The van der Waals surface area contributed by atoms with Crippen LogP contribution in [0.5, 0.6) is 0 Å². The SMILES string of the molecule is Cc1ccc(NC(=O)c2ccc(CN(C(=O)O)C(C)(C)C)cc2)cc1Nc1cc(-c2cccc3c2oc2ccccc23)ncn1. The van der Waals surface area contributed by atoms with Crippen LogP contribution in [0.1, 0.15) is 42.3 Å². The third-order valence-electron chi connectivity index (χ3n) is 7.70. The van der Waals surface area contributed by atoms with Crippen molar-refractivity contribution in [3.8, 4) is 11.3 Å². The lowest BCUT2D eigenvalue weighted by Crippen LogP contribution is -2.44. The Labute approximate surface area is 260 Å². The van der Waals surface area contributed by atoms with Crippen molar-refractivity contribution >= 4 is 51.1 Å². The van der Waals surface area contributed by atoms with E-state index in [0.717, 1.165) is 50.0 Å². The summed E-state index contributed by atoms with van der Waals surface area (Å²) in [5.74, 6) is 0.325. The van der Waals surface area contributed by atoms with E-state index in [0.29, 0.717) is 17.1 Å². The van der Waals surface area contributed by atoms with Gasteiger partial charge in [-0.15, -0.1) is 0 Å². The number of aryl methyl sites for hydroxylation is 1. The van der Waals surface area contributed by atoms with Gasteiger partial charge in [0.2, 0.25) is 0 Å². The minimum Gasteiger partial charge on any atom is -0.465 e. The first-order chi connectivity index (χ1) is 21.6. The van der Waals surface area contributed by atoms with E-state index in [-0.39, 0.29) is 12.5 Å². The molecule has 0 aliphatic carbocycles. The maximum atomic E-state index is 13.1. The molecule has 3 N–H and O–H groups in total. The quantitative estimate of drug-likeness (QED) is 0.168. The van der Waals surface area contributed by atoms with Crippen molar-refractivity contribution in [2.45, 2.75) is 39.8 Å². The second kappa shape index (κ2) is 11.8. The van der Waals surface area contributed by atoms with Gasteiger partial charge in [0.1, 0.15) is 23.3 Å². The van der Waals surface area contributed by atoms with Gasteiger partial charge in [-0.3, -0.25) is 9.69 Å². The van der Waals surface area contributed by atoms with Gasteiger partial charge in [-0.25, -0.2) is 14.8 Å². The van der Waals surface area contributed by atoms with E-state index in [1.165, 1.54) is 11.2 Å².